The summed E-state index contributed by atoms with van der Waals surface area (Å²) in [6, 6.07) is 6.56. The standard InChI is InChI=1S/C16H21N3O4/c1-23-16(22)12-2-4-13(5-3-12)18-15(21)11-6-8-19(9-7-11)10-14(17)20/h2-5,11H,6-10H2,1H3,(H2,17,20)(H,18,21). The summed E-state index contributed by atoms with van der Waals surface area (Å²) in [6.45, 7) is 1.61. The highest BCUT2D eigenvalue weighted by molar-refractivity contribution is 5.94. The van der Waals surface area contributed by atoms with Crippen molar-refractivity contribution >= 4 is 23.5 Å². The molecule has 0 radical (unpaired) electrons. The minimum atomic E-state index is -0.412. The van der Waals surface area contributed by atoms with Crippen molar-refractivity contribution in [3.63, 3.8) is 0 Å². The number of ether oxygens (including phenoxy) is 1. The Labute approximate surface area is 134 Å². The maximum Gasteiger partial charge on any atom is 0.337 e. The Balaban J connectivity index is 1.85. The van der Waals surface area contributed by atoms with Gasteiger partial charge in [-0.3, -0.25) is 14.5 Å². The molecule has 0 bridgehead atoms. The SMILES string of the molecule is COC(=O)c1ccc(NC(=O)C2CCN(CC(N)=O)CC2)cc1. The van der Waals surface area contributed by atoms with Crippen LogP contribution in [0.3, 0.4) is 0 Å². The lowest BCUT2D eigenvalue weighted by atomic mass is 9.96. The molecule has 1 heterocycles. The number of nitrogens with one attached hydrogen (secondary N) is 1. The molecule has 23 heavy (non-hydrogen) atoms. The summed E-state index contributed by atoms with van der Waals surface area (Å²) in [5.41, 5.74) is 6.25. The van der Waals surface area contributed by atoms with Gasteiger partial charge < -0.3 is 15.8 Å². The molecule has 1 aliphatic rings. The number of rotatable bonds is 5. The number of methoxy groups -OCH3 is 1. The predicted octanol–water partition coefficient (Wildman–Crippen LogP) is 0.609. The van der Waals surface area contributed by atoms with Crippen LogP contribution in [0.5, 0.6) is 0 Å². The van der Waals surface area contributed by atoms with Crippen LogP contribution >= 0.6 is 0 Å². The number of primary amides is 1. The number of carbonyl (C=O) groups is 3. The number of carbonyl (C=O) groups excluding carboxylic acids is 3. The third-order valence-corrected chi connectivity index (χ3v) is 3.91. The average Bonchev–Trinajstić information content (AvgIpc) is 2.55. The summed E-state index contributed by atoms with van der Waals surface area (Å²) in [7, 11) is 1.32. The molecular weight excluding hydrogens is 298 g/mol. The third-order valence-electron chi connectivity index (χ3n) is 3.91. The molecule has 1 aromatic rings. The summed E-state index contributed by atoms with van der Waals surface area (Å²) >= 11 is 0. The summed E-state index contributed by atoms with van der Waals surface area (Å²) < 4.78 is 4.63. The Kier molecular flexibility index (Phi) is 5.70. The van der Waals surface area contributed by atoms with Crippen molar-refractivity contribution in [2.75, 3.05) is 32.1 Å². The first kappa shape index (κ1) is 17.0. The summed E-state index contributed by atoms with van der Waals surface area (Å²) in [4.78, 5) is 36.5. The maximum atomic E-state index is 12.3. The van der Waals surface area contributed by atoms with Crippen LogP contribution in [-0.2, 0) is 14.3 Å². The monoisotopic (exact) mass is 319 g/mol. The fourth-order valence-corrected chi connectivity index (χ4v) is 2.63. The molecule has 2 rings (SSSR count). The molecule has 1 aliphatic heterocycles. The molecule has 0 aliphatic carbocycles. The largest absolute Gasteiger partial charge is 0.465 e. The van der Waals surface area contributed by atoms with Gasteiger partial charge in [0.1, 0.15) is 0 Å². The van der Waals surface area contributed by atoms with Gasteiger partial charge in [0.2, 0.25) is 11.8 Å². The lowest BCUT2D eigenvalue weighted by Gasteiger charge is -2.30. The van der Waals surface area contributed by atoms with Crippen LogP contribution in [-0.4, -0.2) is 49.4 Å². The summed E-state index contributed by atoms with van der Waals surface area (Å²) in [6.07, 6.45) is 1.39. The molecule has 124 valence electrons. The molecular formula is C16H21N3O4. The number of nitrogens with two attached hydrogens (primary N) is 1. The van der Waals surface area contributed by atoms with Crippen molar-refractivity contribution in [2.45, 2.75) is 12.8 Å². The van der Waals surface area contributed by atoms with Crippen LogP contribution in [0.1, 0.15) is 23.2 Å². The van der Waals surface area contributed by atoms with Crippen molar-refractivity contribution < 1.29 is 19.1 Å². The van der Waals surface area contributed by atoms with Crippen LogP contribution in [0.15, 0.2) is 24.3 Å². The van der Waals surface area contributed by atoms with Crippen molar-refractivity contribution in [2.24, 2.45) is 11.7 Å². The number of amides is 2. The van der Waals surface area contributed by atoms with Crippen LogP contribution in [0, 0.1) is 5.92 Å². The number of hydrogen-bond donors (Lipinski definition) is 2. The first-order valence-corrected chi connectivity index (χ1v) is 7.49. The highest BCUT2D eigenvalue weighted by Gasteiger charge is 2.25. The number of nitrogens with zero attached hydrogens (tertiary/aromatic N) is 1. The molecule has 0 spiro atoms. The highest BCUT2D eigenvalue weighted by Crippen LogP contribution is 2.19. The van der Waals surface area contributed by atoms with E-state index >= 15 is 0 Å². The van der Waals surface area contributed by atoms with E-state index in [1.54, 1.807) is 24.3 Å². The van der Waals surface area contributed by atoms with E-state index in [1.807, 2.05) is 4.90 Å². The van der Waals surface area contributed by atoms with Crippen LogP contribution in [0.25, 0.3) is 0 Å². The molecule has 2 amide bonds. The quantitative estimate of drug-likeness (QED) is 0.774. The van der Waals surface area contributed by atoms with E-state index in [0.717, 1.165) is 0 Å². The number of piperidine rings is 1. The smallest absolute Gasteiger partial charge is 0.337 e. The molecule has 0 saturated carbocycles. The average molecular weight is 319 g/mol. The summed E-state index contributed by atoms with van der Waals surface area (Å²) in [5, 5.41) is 2.85. The zero-order valence-corrected chi connectivity index (χ0v) is 13.1. The van der Waals surface area contributed by atoms with Gasteiger partial charge in [0.25, 0.3) is 0 Å². The molecule has 7 heteroatoms. The van der Waals surface area contributed by atoms with E-state index in [0.29, 0.717) is 37.2 Å². The Morgan fingerprint density at radius 1 is 1.22 bits per heavy atom. The fraction of sp³-hybridized carbons (Fsp3) is 0.438. The summed E-state index contributed by atoms with van der Waals surface area (Å²) in [5.74, 6) is -0.891. The second-order valence-electron chi connectivity index (χ2n) is 5.57. The van der Waals surface area contributed by atoms with E-state index in [4.69, 9.17) is 5.73 Å². The number of benzene rings is 1. The first-order chi connectivity index (χ1) is 11.0. The lowest BCUT2D eigenvalue weighted by Crippen LogP contribution is -2.42. The Morgan fingerprint density at radius 2 is 1.83 bits per heavy atom. The van der Waals surface area contributed by atoms with E-state index < -0.39 is 5.97 Å². The Hall–Kier alpha value is -2.41. The van der Waals surface area contributed by atoms with E-state index in [-0.39, 0.29) is 24.3 Å². The minimum Gasteiger partial charge on any atom is -0.465 e. The van der Waals surface area contributed by atoms with Gasteiger partial charge in [-0.1, -0.05) is 0 Å². The van der Waals surface area contributed by atoms with Gasteiger partial charge in [0.15, 0.2) is 0 Å². The molecule has 0 aromatic heterocycles. The molecule has 1 aromatic carbocycles. The van der Waals surface area contributed by atoms with Gasteiger partial charge in [0, 0.05) is 11.6 Å². The van der Waals surface area contributed by atoms with Crippen LogP contribution in [0.2, 0.25) is 0 Å². The molecule has 1 fully saturated rings. The fourth-order valence-electron chi connectivity index (χ4n) is 2.63. The predicted molar refractivity (Wildman–Crippen MR) is 84.8 cm³/mol. The van der Waals surface area contributed by atoms with Gasteiger partial charge in [-0.15, -0.1) is 0 Å². The molecule has 0 unspecified atom stereocenters. The van der Waals surface area contributed by atoms with Crippen molar-refractivity contribution in [1.82, 2.24) is 4.90 Å². The number of hydrogen-bond acceptors (Lipinski definition) is 5. The number of anilines is 1. The van der Waals surface area contributed by atoms with Crippen molar-refractivity contribution in [3.05, 3.63) is 29.8 Å². The lowest BCUT2D eigenvalue weighted by molar-refractivity contribution is -0.122. The zero-order valence-electron chi connectivity index (χ0n) is 13.1. The second kappa shape index (κ2) is 7.73. The van der Waals surface area contributed by atoms with Crippen molar-refractivity contribution in [1.29, 1.82) is 0 Å². The van der Waals surface area contributed by atoms with E-state index in [2.05, 4.69) is 10.1 Å². The Bertz CT molecular complexity index is 577. The van der Waals surface area contributed by atoms with Gasteiger partial charge in [-0.05, 0) is 50.2 Å². The van der Waals surface area contributed by atoms with E-state index in [1.165, 1.54) is 7.11 Å². The molecule has 1 saturated heterocycles. The maximum absolute atomic E-state index is 12.3. The van der Waals surface area contributed by atoms with Gasteiger partial charge in [0.05, 0.1) is 19.2 Å². The molecule has 7 nitrogen and oxygen atoms in total. The highest BCUT2D eigenvalue weighted by atomic mass is 16.5. The second-order valence-corrected chi connectivity index (χ2v) is 5.57. The van der Waals surface area contributed by atoms with Gasteiger partial charge in [-0.25, -0.2) is 4.79 Å². The molecule has 0 atom stereocenters. The van der Waals surface area contributed by atoms with Crippen molar-refractivity contribution in [3.8, 4) is 0 Å². The topological polar surface area (TPSA) is 102 Å². The van der Waals surface area contributed by atoms with Crippen LogP contribution < -0.4 is 11.1 Å². The normalized spacial score (nSPS) is 15.9. The number of esters is 1. The van der Waals surface area contributed by atoms with Crippen LogP contribution in [0.4, 0.5) is 5.69 Å². The molecule has 3 N–H and O–H groups in total. The minimum absolute atomic E-state index is 0.0467. The first-order valence-electron chi connectivity index (χ1n) is 7.49. The van der Waals surface area contributed by atoms with E-state index in [9.17, 15) is 14.4 Å². The Morgan fingerprint density at radius 3 is 2.35 bits per heavy atom. The number of likely N-dealkylation sites (tertiary alicyclic amines) is 1. The zero-order chi connectivity index (χ0) is 16.8. The van der Waals surface area contributed by atoms with Gasteiger partial charge in [-0.2, -0.15) is 0 Å². The third kappa shape index (κ3) is 4.79. The van der Waals surface area contributed by atoms with Gasteiger partial charge >= 0.3 is 5.97 Å².